The number of halogens is 2. The number of aryl methyl sites for hydroxylation is 1. The number of primary amides is 1. The van der Waals surface area contributed by atoms with E-state index in [0.717, 1.165) is 6.07 Å². The van der Waals surface area contributed by atoms with E-state index in [0.29, 0.717) is 0 Å². The van der Waals surface area contributed by atoms with Gasteiger partial charge in [-0.1, -0.05) is 18.2 Å². The van der Waals surface area contributed by atoms with E-state index in [2.05, 4.69) is 5.32 Å². The Morgan fingerprint density at radius 1 is 1.08 bits per heavy atom. The van der Waals surface area contributed by atoms with Crippen molar-refractivity contribution in [2.75, 3.05) is 6.54 Å². The maximum Gasteiger partial charge on any atom is 0.311 e. The molecule has 2 rings (SSSR count). The van der Waals surface area contributed by atoms with E-state index in [1.165, 1.54) is 36.4 Å². The zero-order valence-electron chi connectivity index (χ0n) is 13.6. The van der Waals surface area contributed by atoms with Crippen molar-refractivity contribution in [3.05, 3.63) is 65.2 Å². The Hall–Kier alpha value is -3.29. The average molecular weight is 362 g/mol. The number of amides is 2. The van der Waals surface area contributed by atoms with Gasteiger partial charge in [0.1, 0.15) is 5.75 Å². The summed E-state index contributed by atoms with van der Waals surface area (Å²) in [5, 5.41) is 2.31. The average Bonchev–Trinajstić information content (AvgIpc) is 2.61. The zero-order valence-corrected chi connectivity index (χ0v) is 13.6. The minimum Gasteiger partial charge on any atom is -0.426 e. The summed E-state index contributed by atoms with van der Waals surface area (Å²) in [5.41, 5.74) is 5.19. The Morgan fingerprint density at radius 2 is 1.81 bits per heavy atom. The van der Waals surface area contributed by atoms with Crippen molar-refractivity contribution in [3.8, 4) is 5.75 Å². The van der Waals surface area contributed by atoms with Crippen molar-refractivity contribution in [2.24, 2.45) is 5.73 Å². The Bertz CT molecular complexity index is 840. The number of hydrogen-bond acceptors (Lipinski definition) is 4. The highest BCUT2D eigenvalue weighted by Crippen LogP contribution is 2.16. The Labute approximate surface area is 147 Å². The lowest BCUT2D eigenvalue weighted by atomic mass is 10.1. The molecule has 0 saturated carbocycles. The van der Waals surface area contributed by atoms with Crippen LogP contribution < -0.4 is 15.8 Å². The van der Waals surface area contributed by atoms with Gasteiger partial charge < -0.3 is 15.8 Å². The quantitative estimate of drug-likeness (QED) is 0.579. The van der Waals surface area contributed by atoms with Crippen LogP contribution in [0, 0.1) is 11.6 Å². The van der Waals surface area contributed by atoms with Gasteiger partial charge in [-0.15, -0.1) is 0 Å². The van der Waals surface area contributed by atoms with E-state index in [1.54, 1.807) is 0 Å². The molecule has 0 saturated heterocycles. The summed E-state index contributed by atoms with van der Waals surface area (Å²) in [6, 6.07) is 9.47. The number of nitrogens with one attached hydrogen (secondary N) is 1. The minimum absolute atomic E-state index is 0.0266. The minimum atomic E-state index is -0.992. The van der Waals surface area contributed by atoms with Gasteiger partial charge in [0, 0.05) is 5.56 Å². The normalized spacial score (nSPS) is 10.2. The number of carbonyl (C=O) groups is 3. The fourth-order valence-electron chi connectivity index (χ4n) is 2.13. The van der Waals surface area contributed by atoms with Gasteiger partial charge in [-0.05, 0) is 36.2 Å². The third kappa shape index (κ3) is 5.37. The third-order valence-electron chi connectivity index (χ3n) is 3.38. The molecule has 0 radical (unpaired) electrons. The van der Waals surface area contributed by atoms with E-state index >= 15 is 0 Å². The van der Waals surface area contributed by atoms with Gasteiger partial charge in [0.25, 0.3) is 5.91 Å². The molecule has 0 heterocycles. The largest absolute Gasteiger partial charge is 0.426 e. The molecule has 2 aromatic rings. The summed E-state index contributed by atoms with van der Waals surface area (Å²) in [4.78, 5) is 34.4. The van der Waals surface area contributed by atoms with E-state index < -0.39 is 29.4 Å². The van der Waals surface area contributed by atoms with Crippen molar-refractivity contribution in [3.63, 3.8) is 0 Å². The monoisotopic (exact) mass is 362 g/mol. The van der Waals surface area contributed by atoms with Gasteiger partial charge in [-0.2, -0.15) is 0 Å². The third-order valence-corrected chi connectivity index (χ3v) is 3.38. The first-order chi connectivity index (χ1) is 12.4. The van der Waals surface area contributed by atoms with E-state index in [1.807, 2.05) is 0 Å². The summed E-state index contributed by atoms with van der Waals surface area (Å²) >= 11 is 0. The molecule has 0 bridgehead atoms. The molecule has 0 aliphatic heterocycles. The number of benzene rings is 2. The fraction of sp³-hybridized carbons (Fsp3) is 0.167. The SMILES string of the molecule is NC(=O)CNC(=O)c1cccc(OC(=O)CCc2cccc(F)c2F)c1. The number of hydrogen-bond donors (Lipinski definition) is 2. The molecule has 0 atom stereocenters. The van der Waals surface area contributed by atoms with E-state index in [4.69, 9.17) is 10.5 Å². The first kappa shape index (κ1) is 19.0. The van der Waals surface area contributed by atoms with Gasteiger partial charge in [-0.3, -0.25) is 14.4 Å². The first-order valence-electron chi connectivity index (χ1n) is 7.67. The second-order valence-corrected chi connectivity index (χ2v) is 5.36. The highest BCUT2D eigenvalue weighted by atomic mass is 19.2. The number of ether oxygens (including phenoxy) is 1. The molecule has 8 heteroatoms. The molecular weight excluding hydrogens is 346 g/mol. The van der Waals surface area contributed by atoms with Gasteiger partial charge in [0.2, 0.25) is 5.91 Å². The van der Waals surface area contributed by atoms with Gasteiger partial charge >= 0.3 is 5.97 Å². The number of nitrogens with two attached hydrogens (primary N) is 1. The molecule has 0 fully saturated rings. The lowest BCUT2D eigenvalue weighted by Crippen LogP contribution is -2.33. The standard InChI is InChI=1S/C18H16F2N2O4/c19-14-6-2-3-11(17(14)20)7-8-16(24)26-13-5-1-4-12(9-13)18(25)22-10-15(21)23/h1-6,9H,7-8,10H2,(H2,21,23)(H,22,25). The molecule has 2 aromatic carbocycles. The second-order valence-electron chi connectivity index (χ2n) is 5.36. The van der Waals surface area contributed by atoms with Crippen LogP contribution in [0.3, 0.4) is 0 Å². The van der Waals surface area contributed by atoms with E-state index in [9.17, 15) is 23.2 Å². The van der Waals surface area contributed by atoms with Crippen molar-refractivity contribution < 1.29 is 27.9 Å². The van der Waals surface area contributed by atoms with Crippen LogP contribution in [-0.2, 0) is 16.0 Å². The van der Waals surface area contributed by atoms with Crippen LogP contribution in [-0.4, -0.2) is 24.3 Å². The lowest BCUT2D eigenvalue weighted by Gasteiger charge is -2.07. The molecule has 136 valence electrons. The highest BCUT2D eigenvalue weighted by Gasteiger charge is 2.12. The Balaban J connectivity index is 1.94. The molecule has 0 spiro atoms. The molecule has 0 aliphatic carbocycles. The zero-order chi connectivity index (χ0) is 19.1. The van der Waals surface area contributed by atoms with Gasteiger partial charge in [0.15, 0.2) is 11.6 Å². The van der Waals surface area contributed by atoms with Crippen LogP contribution in [0.4, 0.5) is 8.78 Å². The maximum atomic E-state index is 13.5. The van der Waals surface area contributed by atoms with Crippen LogP contribution in [0.1, 0.15) is 22.3 Å². The first-order valence-corrected chi connectivity index (χ1v) is 7.67. The predicted octanol–water partition coefficient (Wildman–Crippen LogP) is 1.72. The smallest absolute Gasteiger partial charge is 0.311 e. The number of esters is 1. The van der Waals surface area contributed by atoms with E-state index in [-0.39, 0.29) is 36.3 Å². The summed E-state index contributed by atoms with van der Waals surface area (Å²) < 4.78 is 31.8. The Kier molecular flexibility index (Phi) is 6.37. The summed E-state index contributed by atoms with van der Waals surface area (Å²) in [5.74, 6) is -3.77. The van der Waals surface area contributed by atoms with Crippen molar-refractivity contribution in [1.29, 1.82) is 0 Å². The van der Waals surface area contributed by atoms with Gasteiger partial charge in [-0.25, -0.2) is 8.78 Å². The molecule has 0 aromatic heterocycles. The number of rotatable bonds is 7. The van der Waals surface area contributed by atoms with Crippen molar-refractivity contribution >= 4 is 17.8 Å². The molecule has 0 unspecified atom stereocenters. The second kappa shape index (κ2) is 8.70. The molecule has 0 aliphatic rings. The van der Waals surface area contributed by atoms with Crippen LogP contribution in [0.2, 0.25) is 0 Å². The summed E-state index contributed by atoms with van der Waals surface area (Å²) in [6.07, 6.45) is -0.195. The van der Waals surface area contributed by atoms with Crippen LogP contribution in [0.15, 0.2) is 42.5 Å². The summed E-state index contributed by atoms with van der Waals surface area (Å²) in [7, 11) is 0. The van der Waals surface area contributed by atoms with Crippen molar-refractivity contribution in [2.45, 2.75) is 12.8 Å². The van der Waals surface area contributed by atoms with Crippen LogP contribution in [0.5, 0.6) is 5.75 Å². The summed E-state index contributed by atoms with van der Waals surface area (Å²) in [6.45, 7) is -0.317. The predicted molar refractivity (Wildman–Crippen MR) is 88.3 cm³/mol. The molecule has 2 amide bonds. The molecule has 6 nitrogen and oxygen atoms in total. The van der Waals surface area contributed by atoms with Crippen LogP contribution in [0.25, 0.3) is 0 Å². The Morgan fingerprint density at radius 3 is 2.54 bits per heavy atom. The molecule has 26 heavy (non-hydrogen) atoms. The van der Waals surface area contributed by atoms with Crippen molar-refractivity contribution in [1.82, 2.24) is 5.32 Å². The highest BCUT2D eigenvalue weighted by molar-refractivity contribution is 5.96. The molecule has 3 N–H and O–H groups in total. The lowest BCUT2D eigenvalue weighted by molar-refractivity contribution is -0.134. The van der Waals surface area contributed by atoms with Crippen LogP contribution >= 0.6 is 0 Å². The molecular formula is C18H16F2N2O4. The maximum absolute atomic E-state index is 13.5. The van der Waals surface area contributed by atoms with Gasteiger partial charge in [0.05, 0.1) is 13.0 Å². The fourth-order valence-corrected chi connectivity index (χ4v) is 2.13. The number of carbonyl (C=O) groups excluding carboxylic acids is 3. The topological polar surface area (TPSA) is 98.5 Å².